The van der Waals surface area contributed by atoms with Gasteiger partial charge in [-0.3, -0.25) is 15.0 Å². The van der Waals surface area contributed by atoms with E-state index >= 15 is 0 Å². The Kier molecular flexibility index (Phi) is 4.53. The first kappa shape index (κ1) is 13.5. The maximum atomic E-state index is 13.5. The van der Waals surface area contributed by atoms with Crippen molar-refractivity contribution in [1.82, 2.24) is 4.90 Å². The van der Waals surface area contributed by atoms with E-state index in [0.717, 1.165) is 0 Å². The smallest absolute Gasteiger partial charge is 0.276 e. The van der Waals surface area contributed by atoms with Crippen LogP contribution in [0.15, 0.2) is 18.2 Å². The summed E-state index contributed by atoms with van der Waals surface area (Å²) in [5.41, 5.74) is -0.192. The molecule has 0 heterocycles. The van der Waals surface area contributed by atoms with E-state index in [0.29, 0.717) is 6.54 Å². The van der Waals surface area contributed by atoms with Gasteiger partial charge in [-0.2, -0.15) is 0 Å². The van der Waals surface area contributed by atoms with Crippen LogP contribution in [0.25, 0.3) is 0 Å². The van der Waals surface area contributed by atoms with Crippen molar-refractivity contribution in [2.45, 2.75) is 19.6 Å². The first-order chi connectivity index (χ1) is 7.91. The van der Waals surface area contributed by atoms with Gasteiger partial charge >= 0.3 is 0 Å². The van der Waals surface area contributed by atoms with E-state index in [1.807, 2.05) is 0 Å². The third-order valence-electron chi connectivity index (χ3n) is 2.29. The van der Waals surface area contributed by atoms with E-state index in [1.165, 1.54) is 18.2 Å². The summed E-state index contributed by atoms with van der Waals surface area (Å²) in [4.78, 5) is 11.8. The summed E-state index contributed by atoms with van der Waals surface area (Å²) >= 11 is 0. The number of halogens is 1. The summed E-state index contributed by atoms with van der Waals surface area (Å²) in [6, 6.07) is 3.78. The Morgan fingerprint density at radius 1 is 1.59 bits per heavy atom. The highest BCUT2D eigenvalue weighted by Crippen LogP contribution is 2.22. The molecule has 0 bridgehead atoms. The molecule has 0 aliphatic rings. The Labute approximate surface area is 98.6 Å². The van der Waals surface area contributed by atoms with Gasteiger partial charge < -0.3 is 5.11 Å². The molecule has 0 aliphatic carbocycles. The molecule has 0 radical (unpaired) electrons. The van der Waals surface area contributed by atoms with Gasteiger partial charge in [0.25, 0.3) is 5.69 Å². The fourth-order valence-corrected chi connectivity index (χ4v) is 1.66. The second kappa shape index (κ2) is 5.70. The van der Waals surface area contributed by atoms with Gasteiger partial charge in [0.15, 0.2) is 0 Å². The molecule has 0 fully saturated rings. The molecule has 0 saturated carbocycles. The van der Waals surface area contributed by atoms with Crippen molar-refractivity contribution in [2.75, 3.05) is 13.6 Å². The monoisotopic (exact) mass is 242 g/mol. The highest BCUT2D eigenvalue weighted by Gasteiger charge is 2.19. The molecule has 1 aromatic carbocycles. The summed E-state index contributed by atoms with van der Waals surface area (Å²) in [6.45, 7) is 2.02. The topological polar surface area (TPSA) is 66.6 Å². The van der Waals surface area contributed by atoms with E-state index in [-0.39, 0.29) is 17.8 Å². The molecule has 0 aliphatic heterocycles. The Bertz CT molecular complexity index is 410. The maximum absolute atomic E-state index is 13.5. The number of aliphatic hydroxyl groups is 1. The van der Waals surface area contributed by atoms with Gasteiger partial charge in [0.2, 0.25) is 0 Å². The van der Waals surface area contributed by atoms with E-state index in [2.05, 4.69) is 0 Å². The van der Waals surface area contributed by atoms with Gasteiger partial charge in [-0.15, -0.1) is 0 Å². The number of aliphatic hydroxyl groups excluding tert-OH is 1. The molecule has 1 rings (SSSR count). The lowest BCUT2D eigenvalue weighted by atomic mass is 10.1. The molecule has 6 heteroatoms. The zero-order valence-electron chi connectivity index (χ0n) is 9.76. The minimum absolute atomic E-state index is 0.0423. The van der Waals surface area contributed by atoms with Crippen molar-refractivity contribution in [3.63, 3.8) is 0 Å². The van der Waals surface area contributed by atoms with Gasteiger partial charge in [0.1, 0.15) is 5.82 Å². The van der Waals surface area contributed by atoms with Crippen molar-refractivity contribution in [2.24, 2.45) is 0 Å². The SMILES string of the molecule is CC(O)CN(C)Cc1c(F)cccc1[N+](=O)[O-]. The molecule has 1 aromatic rings. The van der Waals surface area contributed by atoms with Gasteiger partial charge in [-0.05, 0) is 20.0 Å². The average molecular weight is 242 g/mol. The van der Waals surface area contributed by atoms with E-state index in [9.17, 15) is 19.6 Å². The molecule has 0 spiro atoms. The molecule has 1 atom stereocenters. The van der Waals surface area contributed by atoms with Crippen LogP contribution in [0.5, 0.6) is 0 Å². The molecule has 1 N–H and O–H groups in total. The second-order valence-corrected chi connectivity index (χ2v) is 4.04. The zero-order valence-corrected chi connectivity index (χ0v) is 9.76. The highest BCUT2D eigenvalue weighted by atomic mass is 19.1. The quantitative estimate of drug-likeness (QED) is 0.628. The van der Waals surface area contributed by atoms with Crippen LogP contribution in [0.4, 0.5) is 10.1 Å². The number of rotatable bonds is 5. The average Bonchev–Trinajstić information content (AvgIpc) is 2.19. The second-order valence-electron chi connectivity index (χ2n) is 4.04. The fourth-order valence-electron chi connectivity index (χ4n) is 1.66. The van der Waals surface area contributed by atoms with Gasteiger partial charge in [0, 0.05) is 19.2 Å². The predicted molar refractivity (Wildman–Crippen MR) is 61.1 cm³/mol. The summed E-state index contributed by atoms with van der Waals surface area (Å²) in [6.07, 6.45) is -0.564. The zero-order chi connectivity index (χ0) is 13.0. The standard InChI is InChI=1S/C11H15FN2O3/c1-8(15)6-13(2)7-9-10(12)4-3-5-11(9)14(16)17/h3-5,8,15H,6-7H2,1-2H3. The van der Waals surface area contributed by atoms with Crippen molar-refractivity contribution in [3.8, 4) is 0 Å². The largest absolute Gasteiger partial charge is 0.392 e. The van der Waals surface area contributed by atoms with Crippen LogP contribution in [0.3, 0.4) is 0 Å². The van der Waals surface area contributed by atoms with E-state index < -0.39 is 16.8 Å². The number of nitro benzene ring substituents is 1. The lowest BCUT2D eigenvalue weighted by Crippen LogP contribution is -2.27. The Morgan fingerprint density at radius 3 is 2.76 bits per heavy atom. The third kappa shape index (κ3) is 3.76. The van der Waals surface area contributed by atoms with Crippen LogP contribution in [-0.4, -0.2) is 34.6 Å². The minimum Gasteiger partial charge on any atom is -0.392 e. The van der Waals surface area contributed by atoms with E-state index in [1.54, 1.807) is 18.9 Å². The Hall–Kier alpha value is -1.53. The molecule has 1 unspecified atom stereocenters. The van der Waals surface area contributed by atoms with Gasteiger partial charge in [0.05, 0.1) is 16.6 Å². The van der Waals surface area contributed by atoms with Crippen LogP contribution in [-0.2, 0) is 6.54 Å². The van der Waals surface area contributed by atoms with Crippen LogP contribution >= 0.6 is 0 Å². The number of likely N-dealkylation sites (N-methyl/N-ethyl adjacent to an activating group) is 1. The predicted octanol–water partition coefficient (Wildman–Crippen LogP) is 1.55. The summed E-state index contributed by atoms with van der Waals surface area (Å²) in [5, 5.41) is 19.9. The summed E-state index contributed by atoms with van der Waals surface area (Å²) in [7, 11) is 1.67. The molecule has 94 valence electrons. The lowest BCUT2D eigenvalue weighted by molar-refractivity contribution is -0.385. The molecule has 0 aromatic heterocycles. The normalized spacial score (nSPS) is 12.8. The van der Waals surface area contributed by atoms with Crippen LogP contribution in [0.2, 0.25) is 0 Å². The molecule has 5 nitrogen and oxygen atoms in total. The highest BCUT2D eigenvalue weighted by molar-refractivity contribution is 5.40. The molecule has 0 amide bonds. The van der Waals surface area contributed by atoms with Crippen molar-refractivity contribution < 1.29 is 14.4 Å². The fraction of sp³-hybridized carbons (Fsp3) is 0.455. The molecular formula is C11H15FN2O3. The number of hydrogen-bond donors (Lipinski definition) is 1. The summed E-state index contributed by atoms with van der Waals surface area (Å²) in [5.74, 6) is -0.600. The first-order valence-corrected chi connectivity index (χ1v) is 5.20. The van der Waals surface area contributed by atoms with Crippen LogP contribution < -0.4 is 0 Å². The summed E-state index contributed by atoms with van der Waals surface area (Å²) < 4.78 is 13.5. The van der Waals surface area contributed by atoms with Gasteiger partial charge in [-0.1, -0.05) is 6.07 Å². The number of nitrogens with zero attached hydrogens (tertiary/aromatic N) is 2. The third-order valence-corrected chi connectivity index (χ3v) is 2.29. The molecule has 17 heavy (non-hydrogen) atoms. The van der Waals surface area contributed by atoms with Crippen molar-refractivity contribution in [1.29, 1.82) is 0 Å². The van der Waals surface area contributed by atoms with Crippen molar-refractivity contribution in [3.05, 3.63) is 39.7 Å². The first-order valence-electron chi connectivity index (χ1n) is 5.20. The number of benzene rings is 1. The minimum atomic E-state index is -0.603. The van der Waals surface area contributed by atoms with Gasteiger partial charge in [-0.25, -0.2) is 4.39 Å². The Morgan fingerprint density at radius 2 is 2.24 bits per heavy atom. The molecule has 0 saturated heterocycles. The maximum Gasteiger partial charge on any atom is 0.276 e. The molecular weight excluding hydrogens is 227 g/mol. The van der Waals surface area contributed by atoms with Crippen molar-refractivity contribution >= 4 is 5.69 Å². The number of hydrogen-bond acceptors (Lipinski definition) is 4. The van der Waals surface area contributed by atoms with E-state index in [4.69, 9.17) is 0 Å². The number of nitro groups is 1. The van der Waals surface area contributed by atoms with Crippen LogP contribution in [0, 0.1) is 15.9 Å². The lowest BCUT2D eigenvalue weighted by Gasteiger charge is -2.18. The Balaban J connectivity index is 2.92. The van der Waals surface area contributed by atoms with Crippen LogP contribution in [0.1, 0.15) is 12.5 Å².